The normalized spacial score (nSPS) is 18.6. The fourth-order valence-corrected chi connectivity index (χ4v) is 1.76. The van der Waals surface area contributed by atoms with Crippen molar-refractivity contribution in [2.45, 2.75) is 20.3 Å². The molecule has 0 aromatic heterocycles. The van der Waals surface area contributed by atoms with E-state index < -0.39 is 5.91 Å². The summed E-state index contributed by atoms with van der Waals surface area (Å²) in [7, 11) is 0. The van der Waals surface area contributed by atoms with Gasteiger partial charge in [-0.3, -0.25) is 9.59 Å². The standard InChI is InChI=1S/C11H12N2O2.C2H6/c12-11(15)8-6-10(14)13(7-8)9-4-2-1-3-5-9;1-2/h1-5,8H,6-7H2,(H2,12,15);1-2H3. The number of carbonyl (C=O) groups excluding carboxylic acids is 2. The largest absolute Gasteiger partial charge is 0.369 e. The Labute approximate surface area is 101 Å². The molecule has 1 fully saturated rings. The molecule has 0 radical (unpaired) electrons. The van der Waals surface area contributed by atoms with Crippen molar-refractivity contribution in [1.82, 2.24) is 0 Å². The summed E-state index contributed by atoms with van der Waals surface area (Å²) >= 11 is 0. The van der Waals surface area contributed by atoms with E-state index in [0.29, 0.717) is 6.54 Å². The Morgan fingerprint density at radius 2 is 1.88 bits per heavy atom. The van der Waals surface area contributed by atoms with Gasteiger partial charge in [-0.25, -0.2) is 0 Å². The van der Waals surface area contributed by atoms with Crippen LogP contribution in [0.4, 0.5) is 5.69 Å². The van der Waals surface area contributed by atoms with Crippen LogP contribution in [0.3, 0.4) is 0 Å². The number of benzene rings is 1. The highest BCUT2D eigenvalue weighted by Gasteiger charge is 2.33. The molecule has 0 aliphatic carbocycles. The number of carbonyl (C=O) groups is 2. The van der Waals surface area contributed by atoms with Crippen molar-refractivity contribution in [3.63, 3.8) is 0 Å². The first-order chi connectivity index (χ1) is 8.18. The van der Waals surface area contributed by atoms with Gasteiger partial charge in [-0.05, 0) is 12.1 Å². The molecule has 4 heteroatoms. The molecule has 1 aliphatic rings. The van der Waals surface area contributed by atoms with E-state index in [2.05, 4.69) is 0 Å². The van der Waals surface area contributed by atoms with Crippen molar-refractivity contribution >= 4 is 17.5 Å². The van der Waals surface area contributed by atoms with Gasteiger partial charge < -0.3 is 10.6 Å². The van der Waals surface area contributed by atoms with Crippen molar-refractivity contribution in [3.05, 3.63) is 30.3 Å². The molecular formula is C13H18N2O2. The third-order valence-corrected chi connectivity index (χ3v) is 2.60. The first-order valence-corrected chi connectivity index (χ1v) is 5.83. The molecule has 1 aromatic carbocycles. The first-order valence-electron chi connectivity index (χ1n) is 5.83. The van der Waals surface area contributed by atoms with Gasteiger partial charge in [-0.2, -0.15) is 0 Å². The Hall–Kier alpha value is -1.84. The molecule has 1 unspecified atom stereocenters. The lowest BCUT2D eigenvalue weighted by Gasteiger charge is -2.15. The molecule has 1 saturated heterocycles. The Balaban J connectivity index is 0.000000686. The maximum Gasteiger partial charge on any atom is 0.227 e. The zero-order chi connectivity index (χ0) is 12.8. The van der Waals surface area contributed by atoms with E-state index in [4.69, 9.17) is 5.73 Å². The third kappa shape index (κ3) is 3.06. The average molecular weight is 234 g/mol. The first kappa shape index (κ1) is 13.2. The SMILES string of the molecule is CC.NC(=O)C1CC(=O)N(c2ccccc2)C1. The van der Waals surface area contributed by atoms with Crippen LogP contribution < -0.4 is 10.6 Å². The van der Waals surface area contributed by atoms with Crippen molar-refractivity contribution in [1.29, 1.82) is 0 Å². The van der Waals surface area contributed by atoms with E-state index in [1.807, 2.05) is 44.2 Å². The third-order valence-electron chi connectivity index (χ3n) is 2.60. The van der Waals surface area contributed by atoms with Crippen LogP contribution in [0.2, 0.25) is 0 Å². The van der Waals surface area contributed by atoms with Crippen LogP contribution in [0, 0.1) is 5.92 Å². The number of amides is 2. The van der Waals surface area contributed by atoms with E-state index in [0.717, 1.165) is 5.69 Å². The van der Waals surface area contributed by atoms with Crippen molar-refractivity contribution in [2.75, 3.05) is 11.4 Å². The Bertz CT molecular complexity index is 390. The van der Waals surface area contributed by atoms with E-state index >= 15 is 0 Å². The quantitative estimate of drug-likeness (QED) is 0.843. The lowest BCUT2D eigenvalue weighted by Crippen LogP contribution is -2.28. The minimum absolute atomic E-state index is 0.0370. The summed E-state index contributed by atoms with van der Waals surface area (Å²) in [5.74, 6) is -0.788. The maximum absolute atomic E-state index is 11.6. The maximum atomic E-state index is 11.6. The van der Waals surface area contributed by atoms with Gasteiger partial charge in [0.15, 0.2) is 0 Å². The van der Waals surface area contributed by atoms with Gasteiger partial charge in [0, 0.05) is 18.7 Å². The zero-order valence-electron chi connectivity index (χ0n) is 10.2. The van der Waals surface area contributed by atoms with Gasteiger partial charge in [0.2, 0.25) is 11.8 Å². The fourth-order valence-electron chi connectivity index (χ4n) is 1.76. The molecule has 2 rings (SSSR count). The lowest BCUT2D eigenvalue weighted by atomic mass is 10.1. The van der Waals surface area contributed by atoms with E-state index in [-0.39, 0.29) is 18.2 Å². The van der Waals surface area contributed by atoms with Gasteiger partial charge in [0.1, 0.15) is 0 Å². The summed E-state index contributed by atoms with van der Waals surface area (Å²) in [5.41, 5.74) is 6.01. The molecule has 0 saturated carbocycles. The number of para-hydroxylation sites is 1. The molecule has 0 spiro atoms. The molecule has 0 bridgehead atoms. The van der Waals surface area contributed by atoms with Gasteiger partial charge in [0.25, 0.3) is 0 Å². The number of hydrogen-bond donors (Lipinski definition) is 1. The highest BCUT2D eigenvalue weighted by atomic mass is 16.2. The van der Waals surface area contributed by atoms with Crippen molar-refractivity contribution in [2.24, 2.45) is 11.7 Å². The molecule has 92 valence electrons. The van der Waals surface area contributed by atoms with Crippen LogP contribution in [0.1, 0.15) is 20.3 Å². The molecule has 1 heterocycles. The Kier molecular flexibility index (Phi) is 4.69. The predicted octanol–water partition coefficient (Wildman–Crippen LogP) is 1.55. The number of anilines is 1. The smallest absolute Gasteiger partial charge is 0.227 e. The van der Waals surface area contributed by atoms with Gasteiger partial charge >= 0.3 is 0 Å². The minimum atomic E-state index is -0.401. The summed E-state index contributed by atoms with van der Waals surface area (Å²) < 4.78 is 0. The molecular weight excluding hydrogens is 216 g/mol. The zero-order valence-corrected chi connectivity index (χ0v) is 10.2. The highest BCUT2D eigenvalue weighted by Crippen LogP contribution is 2.24. The molecule has 2 amide bonds. The molecule has 4 nitrogen and oxygen atoms in total. The van der Waals surface area contributed by atoms with Gasteiger partial charge in [-0.15, -0.1) is 0 Å². The Morgan fingerprint density at radius 3 is 2.35 bits per heavy atom. The monoisotopic (exact) mass is 234 g/mol. The average Bonchev–Trinajstić information content (AvgIpc) is 2.75. The van der Waals surface area contributed by atoms with Crippen LogP contribution >= 0.6 is 0 Å². The number of nitrogens with zero attached hydrogens (tertiary/aromatic N) is 1. The summed E-state index contributed by atoms with van der Waals surface area (Å²) in [6, 6.07) is 9.30. The van der Waals surface area contributed by atoms with E-state index in [1.54, 1.807) is 4.90 Å². The Morgan fingerprint density at radius 1 is 1.29 bits per heavy atom. The second-order valence-electron chi connectivity index (χ2n) is 3.64. The van der Waals surface area contributed by atoms with Crippen LogP contribution in [0.5, 0.6) is 0 Å². The topological polar surface area (TPSA) is 63.4 Å². The number of nitrogens with two attached hydrogens (primary N) is 1. The second-order valence-corrected chi connectivity index (χ2v) is 3.64. The molecule has 1 aromatic rings. The van der Waals surface area contributed by atoms with E-state index in [9.17, 15) is 9.59 Å². The second kappa shape index (κ2) is 6.03. The van der Waals surface area contributed by atoms with Crippen LogP contribution in [0.25, 0.3) is 0 Å². The van der Waals surface area contributed by atoms with Crippen molar-refractivity contribution in [3.8, 4) is 0 Å². The predicted molar refractivity (Wildman–Crippen MR) is 67.4 cm³/mol. The highest BCUT2D eigenvalue weighted by molar-refractivity contribution is 5.99. The minimum Gasteiger partial charge on any atom is -0.369 e. The summed E-state index contributed by atoms with van der Waals surface area (Å²) in [4.78, 5) is 24.2. The molecule has 17 heavy (non-hydrogen) atoms. The lowest BCUT2D eigenvalue weighted by molar-refractivity contribution is -0.123. The van der Waals surface area contributed by atoms with Crippen molar-refractivity contribution < 1.29 is 9.59 Å². The van der Waals surface area contributed by atoms with Gasteiger partial charge in [-0.1, -0.05) is 32.0 Å². The van der Waals surface area contributed by atoms with Crippen LogP contribution in [0.15, 0.2) is 30.3 Å². The van der Waals surface area contributed by atoms with Gasteiger partial charge in [0.05, 0.1) is 5.92 Å². The number of hydrogen-bond acceptors (Lipinski definition) is 2. The van der Waals surface area contributed by atoms with E-state index in [1.165, 1.54) is 0 Å². The molecule has 1 atom stereocenters. The van der Waals surface area contributed by atoms with Crippen LogP contribution in [-0.2, 0) is 9.59 Å². The molecule has 1 aliphatic heterocycles. The number of primary amides is 1. The summed E-state index contributed by atoms with van der Waals surface area (Å²) in [6.07, 6.45) is 0.226. The van der Waals surface area contributed by atoms with Crippen LogP contribution in [-0.4, -0.2) is 18.4 Å². The number of rotatable bonds is 2. The summed E-state index contributed by atoms with van der Waals surface area (Å²) in [6.45, 7) is 4.40. The molecule has 2 N–H and O–H groups in total. The summed E-state index contributed by atoms with van der Waals surface area (Å²) in [5, 5.41) is 0. The fraction of sp³-hybridized carbons (Fsp3) is 0.385.